The number of sulfonamides is 1. The number of anilines is 1. The quantitative estimate of drug-likeness (QED) is 0.870. The fraction of sp³-hybridized carbons (Fsp3) is 0.350. The van der Waals surface area contributed by atoms with Gasteiger partial charge in [-0.2, -0.15) is 0 Å². The van der Waals surface area contributed by atoms with E-state index < -0.39 is 21.5 Å². The first-order valence-electron chi connectivity index (χ1n) is 8.90. The maximum Gasteiger partial charge on any atom is 0.249 e. The Morgan fingerprint density at radius 1 is 1.19 bits per heavy atom. The molecule has 1 amide bonds. The van der Waals surface area contributed by atoms with Crippen molar-refractivity contribution in [3.8, 4) is 0 Å². The first kappa shape index (κ1) is 18.0. The summed E-state index contributed by atoms with van der Waals surface area (Å²) >= 11 is 0. The van der Waals surface area contributed by atoms with Crippen molar-refractivity contribution in [2.45, 2.75) is 24.5 Å². The molecule has 1 saturated heterocycles. The number of ether oxygens (including phenoxy) is 1. The first-order valence-corrected chi connectivity index (χ1v) is 10.7. The fourth-order valence-corrected chi connectivity index (χ4v) is 4.98. The molecule has 0 unspecified atom stereocenters. The van der Waals surface area contributed by atoms with Crippen LogP contribution in [0.4, 0.5) is 5.69 Å². The molecule has 0 saturated carbocycles. The van der Waals surface area contributed by atoms with Crippen LogP contribution in [0.3, 0.4) is 0 Å². The predicted molar refractivity (Wildman–Crippen MR) is 103 cm³/mol. The summed E-state index contributed by atoms with van der Waals surface area (Å²) in [4.78, 5) is 12.6. The minimum atomic E-state index is -3.39. The Kier molecular flexibility index (Phi) is 4.44. The van der Waals surface area contributed by atoms with Crippen LogP contribution in [0, 0.1) is 0 Å². The zero-order valence-corrected chi connectivity index (χ0v) is 15.9. The van der Waals surface area contributed by atoms with Gasteiger partial charge in [-0.15, -0.1) is 0 Å². The molecule has 0 bridgehead atoms. The van der Waals surface area contributed by atoms with E-state index in [2.05, 4.69) is 5.32 Å². The number of hydrogen-bond donors (Lipinski definition) is 1. The van der Waals surface area contributed by atoms with Gasteiger partial charge in [-0.3, -0.25) is 9.10 Å². The lowest BCUT2D eigenvalue weighted by molar-refractivity contribution is -0.130. The Hall–Kier alpha value is -2.38. The second-order valence-electron chi connectivity index (χ2n) is 7.27. The Balaban J connectivity index is 1.51. The van der Waals surface area contributed by atoms with Gasteiger partial charge >= 0.3 is 0 Å². The Morgan fingerprint density at radius 3 is 2.63 bits per heavy atom. The summed E-state index contributed by atoms with van der Waals surface area (Å²) in [5.41, 5.74) is 2.17. The minimum absolute atomic E-state index is 0.161. The summed E-state index contributed by atoms with van der Waals surface area (Å²) in [5, 5.41) is 2.92. The van der Waals surface area contributed by atoms with Crippen molar-refractivity contribution in [1.82, 2.24) is 5.32 Å². The number of rotatable bonds is 4. The van der Waals surface area contributed by atoms with Crippen LogP contribution in [0.25, 0.3) is 0 Å². The van der Waals surface area contributed by atoms with E-state index in [4.69, 9.17) is 4.74 Å². The second kappa shape index (κ2) is 6.65. The maximum absolute atomic E-state index is 12.6. The van der Waals surface area contributed by atoms with E-state index in [-0.39, 0.29) is 5.91 Å². The van der Waals surface area contributed by atoms with Crippen molar-refractivity contribution in [1.29, 1.82) is 0 Å². The molecule has 6 nitrogen and oxygen atoms in total. The largest absolute Gasteiger partial charge is 0.367 e. The van der Waals surface area contributed by atoms with E-state index in [9.17, 15) is 13.2 Å². The summed E-state index contributed by atoms with van der Waals surface area (Å²) in [6.45, 7) is 1.09. The molecule has 1 spiro atoms. The third-order valence-corrected chi connectivity index (χ3v) is 6.46. The van der Waals surface area contributed by atoms with E-state index >= 15 is 0 Å². The standard InChI is InChI=1S/C20H22N2O4S/c1-27(24,25)22-13-20(16-9-5-6-10-17(16)22)11-18(26-14-20)19(23)21-12-15-7-3-2-4-8-15/h2-10,18H,11-14H2,1H3,(H,21,23)/t18-,20+/m1/s1. The van der Waals surface area contributed by atoms with Crippen molar-refractivity contribution in [3.63, 3.8) is 0 Å². The lowest BCUT2D eigenvalue weighted by Crippen LogP contribution is -2.38. The minimum Gasteiger partial charge on any atom is -0.367 e. The number of carbonyl (C=O) groups excluding carboxylic acids is 1. The summed E-state index contributed by atoms with van der Waals surface area (Å²) in [6.07, 6.45) is 1.10. The topological polar surface area (TPSA) is 75.7 Å². The molecule has 0 radical (unpaired) electrons. The van der Waals surface area contributed by atoms with Crippen LogP contribution in [0.1, 0.15) is 17.5 Å². The number of nitrogens with one attached hydrogen (secondary N) is 1. The molecule has 2 aliphatic heterocycles. The molecule has 2 aromatic carbocycles. The predicted octanol–water partition coefficient (Wildman–Crippen LogP) is 1.81. The maximum atomic E-state index is 12.6. The van der Waals surface area contributed by atoms with Crippen molar-refractivity contribution in [2.75, 3.05) is 23.7 Å². The van der Waals surface area contributed by atoms with Gasteiger partial charge in [0.15, 0.2) is 0 Å². The molecule has 2 aliphatic rings. The van der Waals surface area contributed by atoms with E-state index in [0.29, 0.717) is 31.8 Å². The number of fused-ring (bicyclic) bond motifs is 2. The van der Waals surface area contributed by atoms with Crippen LogP contribution in [0.5, 0.6) is 0 Å². The summed E-state index contributed by atoms with van der Waals surface area (Å²) in [5.74, 6) is -0.161. The van der Waals surface area contributed by atoms with Gasteiger partial charge < -0.3 is 10.1 Å². The van der Waals surface area contributed by atoms with Gasteiger partial charge in [0.25, 0.3) is 0 Å². The van der Waals surface area contributed by atoms with Crippen LogP contribution in [0.15, 0.2) is 54.6 Å². The highest BCUT2D eigenvalue weighted by Crippen LogP contribution is 2.48. The van der Waals surface area contributed by atoms with Gasteiger partial charge in [-0.1, -0.05) is 48.5 Å². The molecule has 142 valence electrons. The second-order valence-corrected chi connectivity index (χ2v) is 9.18. The average molecular weight is 386 g/mol. The molecule has 2 heterocycles. The zero-order chi connectivity index (χ0) is 19.1. The highest BCUT2D eigenvalue weighted by molar-refractivity contribution is 7.92. The van der Waals surface area contributed by atoms with Crippen LogP contribution in [-0.2, 0) is 31.5 Å². The molecule has 4 rings (SSSR count). The van der Waals surface area contributed by atoms with Crippen molar-refractivity contribution >= 4 is 21.6 Å². The number of carbonyl (C=O) groups is 1. The molecule has 27 heavy (non-hydrogen) atoms. The summed E-state index contributed by atoms with van der Waals surface area (Å²) < 4.78 is 31.7. The zero-order valence-electron chi connectivity index (χ0n) is 15.1. The van der Waals surface area contributed by atoms with Crippen LogP contribution in [0.2, 0.25) is 0 Å². The number of amides is 1. The van der Waals surface area contributed by atoms with E-state index in [0.717, 1.165) is 11.1 Å². The molecular formula is C20H22N2O4S. The van der Waals surface area contributed by atoms with E-state index in [1.165, 1.54) is 10.6 Å². The molecule has 7 heteroatoms. The number of nitrogens with zero attached hydrogens (tertiary/aromatic N) is 1. The average Bonchev–Trinajstić information content (AvgIpc) is 3.24. The van der Waals surface area contributed by atoms with Crippen molar-refractivity contribution in [2.24, 2.45) is 0 Å². The lowest BCUT2D eigenvalue weighted by atomic mass is 9.80. The van der Waals surface area contributed by atoms with Gasteiger partial charge in [0.05, 0.1) is 18.6 Å². The highest BCUT2D eigenvalue weighted by atomic mass is 32.2. The molecule has 0 aliphatic carbocycles. The Bertz CT molecular complexity index is 961. The van der Waals surface area contributed by atoms with Crippen LogP contribution >= 0.6 is 0 Å². The molecule has 1 N–H and O–H groups in total. The molecule has 2 aromatic rings. The first-order chi connectivity index (χ1) is 12.9. The third kappa shape index (κ3) is 3.33. The lowest BCUT2D eigenvalue weighted by Gasteiger charge is -2.23. The Labute approximate surface area is 159 Å². The fourth-order valence-electron chi connectivity index (χ4n) is 3.98. The Morgan fingerprint density at radius 2 is 1.89 bits per heavy atom. The third-order valence-electron chi connectivity index (χ3n) is 5.33. The summed E-state index contributed by atoms with van der Waals surface area (Å²) in [7, 11) is -3.39. The van der Waals surface area contributed by atoms with Crippen LogP contribution in [-0.4, -0.2) is 39.8 Å². The highest BCUT2D eigenvalue weighted by Gasteiger charge is 2.52. The number of para-hydroxylation sites is 1. The van der Waals surface area contributed by atoms with E-state index in [1.807, 2.05) is 54.6 Å². The summed E-state index contributed by atoms with van der Waals surface area (Å²) in [6, 6.07) is 17.2. The van der Waals surface area contributed by atoms with Crippen molar-refractivity contribution in [3.05, 3.63) is 65.7 Å². The monoisotopic (exact) mass is 386 g/mol. The number of benzene rings is 2. The molecule has 1 fully saturated rings. The SMILES string of the molecule is CS(=O)(=O)N1C[C@@]2(CO[C@@H](C(=O)NCc3ccccc3)C2)c2ccccc21. The van der Waals surface area contributed by atoms with Crippen molar-refractivity contribution < 1.29 is 17.9 Å². The normalized spacial score (nSPS) is 24.2. The molecule has 2 atom stereocenters. The van der Waals surface area contributed by atoms with Gasteiger partial charge in [0.1, 0.15) is 6.10 Å². The van der Waals surface area contributed by atoms with Gasteiger partial charge in [0, 0.05) is 18.5 Å². The van der Waals surface area contributed by atoms with Gasteiger partial charge in [-0.05, 0) is 23.6 Å². The van der Waals surface area contributed by atoms with E-state index in [1.54, 1.807) is 0 Å². The molecule has 0 aromatic heterocycles. The molecular weight excluding hydrogens is 364 g/mol. The van der Waals surface area contributed by atoms with Gasteiger partial charge in [0.2, 0.25) is 15.9 Å². The van der Waals surface area contributed by atoms with Crippen LogP contribution < -0.4 is 9.62 Å². The number of hydrogen-bond acceptors (Lipinski definition) is 4. The smallest absolute Gasteiger partial charge is 0.249 e. The van der Waals surface area contributed by atoms with Gasteiger partial charge in [-0.25, -0.2) is 8.42 Å².